The van der Waals surface area contributed by atoms with Crippen molar-refractivity contribution >= 4 is 22.7 Å². The maximum Gasteiger partial charge on any atom is 0.307 e. The SMILES string of the molecule is O=[N+]([O-])c1cnn(C(C(n2cc([N+](=O)[O-])cn2)n2cc([N+](=O)[O-])cn2)n2cc([N+](=O)[O-])cn2)c1. The van der Waals surface area contributed by atoms with Gasteiger partial charge >= 0.3 is 22.7 Å². The maximum absolute atomic E-state index is 11.2. The number of nitrogens with zero attached hydrogens (tertiary/aromatic N) is 12. The summed E-state index contributed by atoms with van der Waals surface area (Å²) in [5.41, 5.74) is -1.77. The molecule has 4 heterocycles. The molecule has 0 aliphatic heterocycles. The summed E-state index contributed by atoms with van der Waals surface area (Å²) in [6, 6.07) is 0. The summed E-state index contributed by atoms with van der Waals surface area (Å²) < 4.78 is 4.00. The van der Waals surface area contributed by atoms with Gasteiger partial charge in [-0.2, -0.15) is 20.4 Å². The molecule has 0 amide bonds. The second-order valence-electron chi connectivity index (χ2n) is 6.57. The molecule has 0 saturated carbocycles. The van der Waals surface area contributed by atoms with E-state index in [1.165, 1.54) is 0 Å². The first-order valence-corrected chi connectivity index (χ1v) is 8.90. The molecule has 0 aliphatic carbocycles. The van der Waals surface area contributed by atoms with Crippen LogP contribution in [0.3, 0.4) is 0 Å². The molecule has 0 aromatic carbocycles. The van der Waals surface area contributed by atoms with Crippen LogP contribution in [0.2, 0.25) is 0 Å². The minimum absolute atomic E-state index is 0.441. The van der Waals surface area contributed by atoms with Gasteiger partial charge < -0.3 is 0 Å². The van der Waals surface area contributed by atoms with Crippen LogP contribution in [0.25, 0.3) is 0 Å². The third-order valence-corrected chi connectivity index (χ3v) is 4.55. The summed E-state index contributed by atoms with van der Waals surface area (Å²) in [5, 5.41) is 60.4. The summed E-state index contributed by atoms with van der Waals surface area (Å²) >= 11 is 0. The highest BCUT2D eigenvalue weighted by Crippen LogP contribution is 2.30. The van der Waals surface area contributed by atoms with Gasteiger partial charge in [0.2, 0.25) is 0 Å². The van der Waals surface area contributed by atoms with Crippen LogP contribution in [-0.4, -0.2) is 58.8 Å². The molecular formula is C14H10N12O8. The van der Waals surface area contributed by atoms with Crippen molar-refractivity contribution in [3.8, 4) is 0 Å². The molecule has 0 spiro atoms. The molecule has 174 valence electrons. The predicted octanol–water partition coefficient (Wildman–Crippen LogP) is 0.899. The van der Waals surface area contributed by atoms with Crippen molar-refractivity contribution in [1.82, 2.24) is 39.1 Å². The number of rotatable bonds is 9. The molecule has 0 atom stereocenters. The van der Waals surface area contributed by atoms with Gasteiger partial charge in [-0.25, -0.2) is 18.7 Å². The zero-order valence-corrected chi connectivity index (χ0v) is 16.4. The van der Waals surface area contributed by atoms with Gasteiger partial charge in [0.25, 0.3) is 0 Å². The van der Waals surface area contributed by atoms with E-state index in [1.807, 2.05) is 0 Å². The number of nitro groups is 4. The summed E-state index contributed by atoms with van der Waals surface area (Å²) in [4.78, 5) is 41.8. The second kappa shape index (κ2) is 8.18. The molecule has 4 rings (SSSR count). The average Bonchev–Trinajstić information content (AvgIpc) is 3.58. The smallest absolute Gasteiger partial charge is 0.258 e. The molecule has 0 N–H and O–H groups in total. The van der Waals surface area contributed by atoms with Crippen molar-refractivity contribution in [2.24, 2.45) is 0 Å². The fraction of sp³-hybridized carbons (Fsp3) is 0.143. The predicted molar refractivity (Wildman–Crippen MR) is 104 cm³/mol. The van der Waals surface area contributed by atoms with Crippen molar-refractivity contribution in [3.05, 3.63) is 90.0 Å². The third-order valence-electron chi connectivity index (χ3n) is 4.55. The highest BCUT2D eigenvalue weighted by molar-refractivity contribution is 5.26. The third kappa shape index (κ3) is 3.88. The van der Waals surface area contributed by atoms with E-state index in [2.05, 4.69) is 20.4 Å². The van der Waals surface area contributed by atoms with Gasteiger partial charge in [-0.1, -0.05) is 0 Å². The summed E-state index contributed by atoms with van der Waals surface area (Å²) in [5.74, 6) is 0. The Bertz CT molecular complexity index is 1200. The molecule has 0 radical (unpaired) electrons. The largest absolute Gasteiger partial charge is 0.307 e. The quantitative estimate of drug-likeness (QED) is 0.242. The van der Waals surface area contributed by atoms with Gasteiger partial charge in [-0.3, -0.25) is 40.5 Å². The number of hydrogen-bond donors (Lipinski definition) is 0. The van der Waals surface area contributed by atoms with Crippen LogP contribution in [0.1, 0.15) is 12.3 Å². The zero-order valence-electron chi connectivity index (χ0n) is 16.4. The Balaban J connectivity index is 1.94. The van der Waals surface area contributed by atoms with Crippen molar-refractivity contribution < 1.29 is 19.7 Å². The van der Waals surface area contributed by atoms with Crippen LogP contribution in [0.4, 0.5) is 22.7 Å². The fourth-order valence-electron chi connectivity index (χ4n) is 3.06. The van der Waals surface area contributed by atoms with Crippen LogP contribution in [0.15, 0.2) is 49.6 Å². The Morgan fingerprint density at radius 2 is 0.706 bits per heavy atom. The molecule has 4 aromatic rings. The zero-order chi connectivity index (χ0) is 24.6. The lowest BCUT2D eigenvalue weighted by Crippen LogP contribution is -2.35. The number of hydrogen-bond acceptors (Lipinski definition) is 12. The highest BCUT2D eigenvalue weighted by Gasteiger charge is 2.35. The Kier molecular flexibility index (Phi) is 5.21. The van der Waals surface area contributed by atoms with E-state index in [0.29, 0.717) is 0 Å². The van der Waals surface area contributed by atoms with Gasteiger partial charge in [0.15, 0.2) is 12.3 Å². The summed E-state index contributed by atoms with van der Waals surface area (Å²) in [6.07, 6.45) is 4.86. The van der Waals surface area contributed by atoms with Gasteiger partial charge in [0.1, 0.15) is 49.6 Å². The fourth-order valence-corrected chi connectivity index (χ4v) is 3.06. The Morgan fingerprint density at radius 1 is 0.500 bits per heavy atom. The van der Waals surface area contributed by atoms with Gasteiger partial charge in [-0.05, 0) is 0 Å². The maximum atomic E-state index is 11.2. The summed E-state index contributed by atoms with van der Waals surface area (Å²) in [7, 11) is 0. The van der Waals surface area contributed by atoms with Crippen LogP contribution in [0, 0.1) is 40.5 Å². The Hall–Kier alpha value is -5.56. The van der Waals surface area contributed by atoms with Crippen LogP contribution in [-0.2, 0) is 0 Å². The molecule has 0 unspecified atom stereocenters. The van der Waals surface area contributed by atoms with Crippen LogP contribution in [0.5, 0.6) is 0 Å². The van der Waals surface area contributed by atoms with Gasteiger partial charge in [-0.15, -0.1) is 0 Å². The first kappa shape index (κ1) is 21.7. The summed E-state index contributed by atoms with van der Waals surface area (Å²) in [6.45, 7) is 0. The minimum atomic E-state index is -1.35. The van der Waals surface area contributed by atoms with Crippen molar-refractivity contribution in [3.63, 3.8) is 0 Å². The van der Waals surface area contributed by atoms with E-state index in [9.17, 15) is 40.5 Å². The van der Waals surface area contributed by atoms with Crippen molar-refractivity contribution in [2.75, 3.05) is 0 Å². The molecule has 20 heteroatoms. The average molecular weight is 474 g/mol. The molecule has 0 fully saturated rings. The Labute approximate surface area is 184 Å². The van der Waals surface area contributed by atoms with E-state index >= 15 is 0 Å². The van der Waals surface area contributed by atoms with E-state index < -0.39 is 54.8 Å². The lowest BCUT2D eigenvalue weighted by molar-refractivity contribution is -0.385. The normalized spacial score (nSPS) is 11.2. The minimum Gasteiger partial charge on any atom is -0.258 e. The molecule has 0 bridgehead atoms. The first-order valence-electron chi connectivity index (χ1n) is 8.90. The molecule has 34 heavy (non-hydrogen) atoms. The lowest BCUT2D eigenvalue weighted by Gasteiger charge is -2.27. The molecule has 20 nitrogen and oxygen atoms in total. The van der Waals surface area contributed by atoms with E-state index in [0.717, 1.165) is 68.3 Å². The van der Waals surface area contributed by atoms with Gasteiger partial charge in [0, 0.05) is 0 Å². The Morgan fingerprint density at radius 3 is 0.853 bits per heavy atom. The van der Waals surface area contributed by atoms with E-state index in [4.69, 9.17) is 0 Å². The van der Waals surface area contributed by atoms with Crippen LogP contribution < -0.4 is 0 Å². The standard InChI is InChI=1S/C14H10N12O8/c27-23(28)9-1-15-19(5-9)13(20-6-10(2-16-20)24(29)30)14(21-7-11(3-17-21)25(31)32)22-8-12(4-18-22)26(33)34/h1-8,13-14H. The van der Waals surface area contributed by atoms with E-state index in [1.54, 1.807) is 0 Å². The van der Waals surface area contributed by atoms with Crippen molar-refractivity contribution in [1.29, 1.82) is 0 Å². The van der Waals surface area contributed by atoms with Gasteiger partial charge in [0.05, 0.1) is 19.7 Å². The molecular weight excluding hydrogens is 464 g/mol. The monoisotopic (exact) mass is 474 g/mol. The molecule has 0 saturated heterocycles. The second-order valence-corrected chi connectivity index (χ2v) is 6.57. The van der Waals surface area contributed by atoms with Crippen LogP contribution >= 0.6 is 0 Å². The topological polar surface area (TPSA) is 244 Å². The van der Waals surface area contributed by atoms with E-state index in [-0.39, 0.29) is 0 Å². The number of aromatic nitrogens is 8. The molecule has 0 aliphatic rings. The molecule has 4 aromatic heterocycles. The first-order chi connectivity index (χ1) is 16.2. The highest BCUT2D eigenvalue weighted by atomic mass is 16.6. The lowest BCUT2D eigenvalue weighted by atomic mass is 10.3. The van der Waals surface area contributed by atoms with Crippen molar-refractivity contribution in [2.45, 2.75) is 12.3 Å².